The van der Waals surface area contributed by atoms with Gasteiger partial charge in [0.1, 0.15) is 5.82 Å². The van der Waals surface area contributed by atoms with Gasteiger partial charge in [-0.3, -0.25) is 4.79 Å². The minimum atomic E-state index is -2.97. The smallest absolute Gasteiger partial charge is 0.224 e. The van der Waals surface area contributed by atoms with E-state index in [1.54, 1.807) is 6.07 Å². The van der Waals surface area contributed by atoms with Crippen LogP contribution in [0.3, 0.4) is 0 Å². The van der Waals surface area contributed by atoms with Gasteiger partial charge in [0.2, 0.25) is 5.91 Å². The maximum absolute atomic E-state index is 13.3. The van der Waals surface area contributed by atoms with Crippen molar-refractivity contribution in [2.24, 2.45) is 5.92 Å². The molecule has 0 bridgehead atoms. The number of anilines is 1. The number of hydrogen-bond donors (Lipinski definition) is 1. The number of rotatable bonds is 3. The van der Waals surface area contributed by atoms with Crippen LogP contribution >= 0.6 is 15.9 Å². The lowest BCUT2D eigenvalue weighted by molar-refractivity contribution is -0.116. The van der Waals surface area contributed by atoms with E-state index in [-0.39, 0.29) is 29.8 Å². The van der Waals surface area contributed by atoms with Crippen LogP contribution in [0, 0.1) is 11.7 Å². The van der Waals surface area contributed by atoms with Crippen LogP contribution in [-0.2, 0) is 14.6 Å². The van der Waals surface area contributed by atoms with Gasteiger partial charge in [-0.25, -0.2) is 12.8 Å². The molecule has 4 nitrogen and oxygen atoms in total. The summed E-state index contributed by atoms with van der Waals surface area (Å²) >= 11 is 3.02. The molecule has 19 heavy (non-hydrogen) atoms. The molecule has 1 fully saturated rings. The van der Waals surface area contributed by atoms with Crippen LogP contribution in [0.5, 0.6) is 0 Å². The minimum Gasteiger partial charge on any atom is -0.326 e. The normalized spacial score (nSPS) is 21.3. The summed E-state index contributed by atoms with van der Waals surface area (Å²) in [4.78, 5) is 11.7. The Morgan fingerprint density at radius 3 is 2.79 bits per heavy atom. The molecule has 1 N–H and O–H groups in total. The fraction of sp³-hybridized carbons (Fsp3) is 0.417. The van der Waals surface area contributed by atoms with Crippen LogP contribution in [0.15, 0.2) is 22.7 Å². The highest BCUT2D eigenvalue weighted by atomic mass is 79.9. The van der Waals surface area contributed by atoms with E-state index < -0.39 is 15.7 Å². The molecule has 0 spiro atoms. The van der Waals surface area contributed by atoms with E-state index in [9.17, 15) is 17.6 Å². The lowest BCUT2D eigenvalue weighted by Crippen LogP contribution is -2.17. The molecule has 0 aromatic heterocycles. The van der Waals surface area contributed by atoms with Crippen LogP contribution in [-0.4, -0.2) is 25.8 Å². The summed E-state index contributed by atoms with van der Waals surface area (Å²) < 4.78 is 36.1. The minimum absolute atomic E-state index is 0.0646. The molecule has 1 aromatic rings. The third kappa shape index (κ3) is 4.01. The molecule has 1 aliphatic heterocycles. The van der Waals surface area contributed by atoms with E-state index in [1.165, 1.54) is 12.1 Å². The van der Waals surface area contributed by atoms with Gasteiger partial charge in [-0.15, -0.1) is 0 Å². The average molecular weight is 350 g/mol. The average Bonchev–Trinajstić information content (AvgIpc) is 2.63. The summed E-state index contributed by atoms with van der Waals surface area (Å²) in [5.41, 5.74) is 0.367. The third-order valence-electron chi connectivity index (χ3n) is 3.00. The van der Waals surface area contributed by atoms with Gasteiger partial charge in [0.25, 0.3) is 0 Å². The molecule has 1 amide bonds. The van der Waals surface area contributed by atoms with Crippen molar-refractivity contribution in [2.45, 2.75) is 12.8 Å². The van der Waals surface area contributed by atoms with Crippen molar-refractivity contribution in [2.75, 3.05) is 16.8 Å². The van der Waals surface area contributed by atoms with Gasteiger partial charge in [0, 0.05) is 12.1 Å². The van der Waals surface area contributed by atoms with E-state index in [2.05, 4.69) is 21.2 Å². The number of halogens is 2. The fourth-order valence-corrected chi connectivity index (χ4v) is 4.19. The van der Waals surface area contributed by atoms with E-state index in [1.807, 2.05) is 0 Å². The van der Waals surface area contributed by atoms with Crippen LogP contribution in [0.4, 0.5) is 10.1 Å². The molecule has 1 heterocycles. The Hall–Kier alpha value is -0.950. The van der Waals surface area contributed by atoms with Gasteiger partial charge in [-0.2, -0.15) is 0 Å². The molecular weight excluding hydrogens is 337 g/mol. The van der Waals surface area contributed by atoms with Crippen LogP contribution in [0.25, 0.3) is 0 Å². The number of hydrogen-bond acceptors (Lipinski definition) is 3. The van der Waals surface area contributed by atoms with Crippen LogP contribution < -0.4 is 5.32 Å². The van der Waals surface area contributed by atoms with Gasteiger partial charge in [-0.1, -0.05) is 0 Å². The van der Waals surface area contributed by atoms with Gasteiger partial charge in [0.05, 0.1) is 16.0 Å². The zero-order chi connectivity index (χ0) is 14.0. The molecule has 1 aromatic carbocycles. The molecule has 104 valence electrons. The highest BCUT2D eigenvalue weighted by Crippen LogP contribution is 2.23. The predicted molar refractivity (Wildman–Crippen MR) is 74.1 cm³/mol. The van der Waals surface area contributed by atoms with Gasteiger partial charge in [-0.05, 0) is 46.5 Å². The van der Waals surface area contributed by atoms with Crippen molar-refractivity contribution in [3.63, 3.8) is 0 Å². The maximum Gasteiger partial charge on any atom is 0.224 e. The Bertz CT molecular complexity index is 603. The van der Waals surface area contributed by atoms with Crippen molar-refractivity contribution < 1.29 is 17.6 Å². The quantitative estimate of drug-likeness (QED) is 0.910. The molecule has 7 heteroatoms. The highest BCUT2D eigenvalue weighted by molar-refractivity contribution is 9.10. The zero-order valence-corrected chi connectivity index (χ0v) is 12.4. The topological polar surface area (TPSA) is 63.2 Å². The van der Waals surface area contributed by atoms with Crippen molar-refractivity contribution in [1.29, 1.82) is 0 Å². The molecule has 1 saturated heterocycles. The first-order valence-electron chi connectivity index (χ1n) is 5.81. The summed E-state index contributed by atoms with van der Waals surface area (Å²) in [7, 11) is -2.97. The summed E-state index contributed by atoms with van der Waals surface area (Å²) in [6.07, 6.45) is 0.668. The zero-order valence-electron chi connectivity index (χ0n) is 10.0. The molecule has 1 aliphatic rings. The van der Waals surface area contributed by atoms with E-state index >= 15 is 0 Å². The van der Waals surface area contributed by atoms with Crippen molar-refractivity contribution in [1.82, 2.24) is 0 Å². The molecule has 1 unspecified atom stereocenters. The second-order valence-corrected chi connectivity index (χ2v) is 7.73. The number of carbonyl (C=O) groups is 1. The molecular formula is C12H13BrFNO3S. The Labute approximate surface area is 119 Å². The maximum atomic E-state index is 13.3. The third-order valence-corrected chi connectivity index (χ3v) is 5.48. The standard InChI is InChI=1S/C12H13BrFNO3S/c13-10-2-1-9(6-11(10)14)15-12(16)5-8-3-4-19(17,18)7-8/h1-2,6,8H,3-5,7H2,(H,15,16). The summed E-state index contributed by atoms with van der Waals surface area (Å²) in [6, 6.07) is 4.30. The molecule has 0 saturated carbocycles. The molecule has 0 radical (unpaired) electrons. The number of nitrogens with one attached hydrogen (secondary N) is 1. The van der Waals surface area contributed by atoms with Crippen molar-refractivity contribution in [3.05, 3.63) is 28.5 Å². The fourth-order valence-electron chi connectivity index (χ4n) is 2.08. The summed E-state index contributed by atoms with van der Waals surface area (Å²) in [5.74, 6) is -0.664. The SMILES string of the molecule is O=C(CC1CCS(=O)(=O)C1)Nc1ccc(Br)c(F)c1. The van der Waals surface area contributed by atoms with Crippen LogP contribution in [0.1, 0.15) is 12.8 Å². The van der Waals surface area contributed by atoms with E-state index in [4.69, 9.17) is 0 Å². The van der Waals surface area contributed by atoms with Crippen molar-refractivity contribution >= 4 is 37.4 Å². The van der Waals surface area contributed by atoms with Gasteiger partial charge < -0.3 is 5.32 Å². The lowest BCUT2D eigenvalue weighted by atomic mass is 10.1. The van der Waals surface area contributed by atoms with Crippen molar-refractivity contribution in [3.8, 4) is 0 Å². The number of sulfone groups is 1. The molecule has 0 aliphatic carbocycles. The second-order valence-electron chi connectivity index (χ2n) is 4.65. The lowest BCUT2D eigenvalue weighted by Gasteiger charge is -2.09. The number of amides is 1. The number of benzene rings is 1. The first-order valence-corrected chi connectivity index (χ1v) is 8.42. The largest absolute Gasteiger partial charge is 0.326 e. The van der Waals surface area contributed by atoms with E-state index in [0.717, 1.165) is 0 Å². The van der Waals surface area contributed by atoms with Gasteiger partial charge in [0.15, 0.2) is 9.84 Å². The van der Waals surface area contributed by atoms with Crippen LogP contribution in [0.2, 0.25) is 0 Å². The Morgan fingerprint density at radius 1 is 1.47 bits per heavy atom. The monoisotopic (exact) mass is 349 g/mol. The summed E-state index contributed by atoms with van der Waals surface area (Å²) in [6.45, 7) is 0. The Kier molecular flexibility index (Phi) is 4.25. The Morgan fingerprint density at radius 2 is 2.21 bits per heavy atom. The first-order chi connectivity index (χ1) is 8.85. The summed E-state index contributed by atoms with van der Waals surface area (Å²) in [5, 5.41) is 2.57. The highest BCUT2D eigenvalue weighted by Gasteiger charge is 2.29. The Balaban J connectivity index is 1.93. The molecule has 2 rings (SSSR count). The first kappa shape index (κ1) is 14.5. The van der Waals surface area contributed by atoms with Gasteiger partial charge >= 0.3 is 0 Å². The number of carbonyl (C=O) groups excluding carboxylic acids is 1. The predicted octanol–water partition coefficient (Wildman–Crippen LogP) is 2.35. The second kappa shape index (κ2) is 5.58. The van der Waals surface area contributed by atoms with E-state index in [0.29, 0.717) is 16.6 Å². The molecule has 1 atom stereocenters.